The zero-order valence-corrected chi connectivity index (χ0v) is 11.4. The number of hydrogen-bond acceptors (Lipinski definition) is 3. The number of amides is 1. The summed E-state index contributed by atoms with van der Waals surface area (Å²) in [4.78, 5) is 18.0. The summed E-state index contributed by atoms with van der Waals surface area (Å²) in [5.74, 6) is -0.0287. The van der Waals surface area contributed by atoms with Gasteiger partial charge >= 0.3 is 0 Å². The number of pyridine rings is 1. The zero-order valence-electron chi connectivity index (χ0n) is 11.4. The van der Waals surface area contributed by atoms with Crippen LogP contribution < -0.4 is 5.32 Å². The van der Waals surface area contributed by atoms with Gasteiger partial charge in [0.25, 0.3) is 5.91 Å². The van der Waals surface area contributed by atoms with Gasteiger partial charge < -0.3 is 10.2 Å². The highest BCUT2D eigenvalue weighted by Gasteiger charge is 2.13. The Balaban J connectivity index is 2.81. The van der Waals surface area contributed by atoms with Crippen LogP contribution in [0.2, 0.25) is 0 Å². The molecule has 4 heteroatoms. The minimum absolute atomic E-state index is 0.0287. The van der Waals surface area contributed by atoms with Crippen LogP contribution in [0.25, 0.3) is 0 Å². The second kappa shape index (κ2) is 6.79. The van der Waals surface area contributed by atoms with Crippen LogP contribution in [0.5, 0.6) is 0 Å². The molecule has 18 heavy (non-hydrogen) atoms. The second-order valence-electron chi connectivity index (χ2n) is 4.22. The highest BCUT2D eigenvalue weighted by Crippen LogP contribution is 2.10. The van der Waals surface area contributed by atoms with Gasteiger partial charge in [0.05, 0.1) is 0 Å². The van der Waals surface area contributed by atoms with E-state index < -0.39 is 0 Å². The second-order valence-corrected chi connectivity index (χ2v) is 4.22. The normalized spacial score (nSPS) is 9.94. The van der Waals surface area contributed by atoms with Gasteiger partial charge in [-0.05, 0) is 32.9 Å². The average molecular weight is 247 g/mol. The van der Waals surface area contributed by atoms with E-state index in [9.17, 15) is 4.79 Å². The molecule has 4 nitrogen and oxygen atoms in total. The Kier molecular flexibility index (Phi) is 5.36. The fourth-order valence-electron chi connectivity index (χ4n) is 1.58. The van der Waals surface area contributed by atoms with E-state index in [2.05, 4.69) is 16.9 Å². The SMILES string of the molecule is C=C(C)CNc1ccnc(C(=O)N(CC)CC)c1. The number of aromatic nitrogens is 1. The summed E-state index contributed by atoms with van der Waals surface area (Å²) >= 11 is 0. The molecule has 0 fully saturated rings. The third-order valence-corrected chi connectivity index (χ3v) is 2.62. The Hall–Kier alpha value is -1.84. The molecule has 1 amide bonds. The van der Waals surface area contributed by atoms with Crippen LogP contribution in [0, 0.1) is 0 Å². The largest absolute Gasteiger partial charge is 0.381 e. The van der Waals surface area contributed by atoms with Crippen LogP contribution in [-0.4, -0.2) is 35.4 Å². The summed E-state index contributed by atoms with van der Waals surface area (Å²) in [6, 6.07) is 3.63. The van der Waals surface area contributed by atoms with Crippen LogP contribution in [0.1, 0.15) is 31.3 Å². The van der Waals surface area contributed by atoms with Crippen LogP contribution >= 0.6 is 0 Å². The molecule has 0 saturated carbocycles. The first-order valence-electron chi connectivity index (χ1n) is 6.22. The van der Waals surface area contributed by atoms with E-state index in [4.69, 9.17) is 0 Å². The molecule has 0 unspecified atom stereocenters. The third-order valence-electron chi connectivity index (χ3n) is 2.62. The van der Waals surface area contributed by atoms with E-state index in [0.29, 0.717) is 25.3 Å². The maximum atomic E-state index is 12.1. The van der Waals surface area contributed by atoms with E-state index in [1.807, 2.05) is 26.8 Å². The predicted molar refractivity (Wildman–Crippen MR) is 74.8 cm³/mol. The summed E-state index contributed by atoms with van der Waals surface area (Å²) in [6.45, 7) is 11.8. The molecule has 0 radical (unpaired) electrons. The van der Waals surface area contributed by atoms with Crippen LogP contribution in [0.4, 0.5) is 5.69 Å². The molecular formula is C14H21N3O. The summed E-state index contributed by atoms with van der Waals surface area (Å²) in [7, 11) is 0. The molecular weight excluding hydrogens is 226 g/mol. The van der Waals surface area contributed by atoms with Crippen molar-refractivity contribution in [2.75, 3.05) is 25.0 Å². The van der Waals surface area contributed by atoms with Crippen LogP contribution in [0.3, 0.4) is 0 Å². The van der Waals surface area contributed by atoms with Gasteiger partial charge in [0.1, 0.15) is 5.69 Å². The van der Waals surface area contributed by atoms with E-state index >= 15 is 0 Å². The molecule has 98 valence electrons. The lowest BCUT2D eigenvalue weighted by Crippen LogP contribution is -2.31. The molecule has 1 heterocycles. The van der Waals surface area contributed by atoms with Crippen molar-refractivity contribution in [3.8, 4) is 0 Å². The van der Waals surface area contributed by atoms with Crippen molar-refractivity contribution in [2.24, 2.45) is 0 Å². The molecule has 0 saturated heterocycles. The Labute approximate surface area is 109 Å². The monoisotopic (exact) mass is 247 g/mol. The molecule has 1 aromatic rings. The Bertz CT molecular complexity index is 425. The lowest BCUT2D eigenvalue weighted by molar-refractivity contribution is 0.0767. The fourth-order valence-corrected chi connectivity index (χ4v) is 1.58. The molecule has 1 aromatic heterocycles. The number of anilines is 1. The van der Waals surface area contributed by atoms with E-state index in [0.717, 1.165) is 11.3 Å². The molecule has 0 aromatic carbocycles. The first-order chi connectivity index (χ1) is 8.58. The molecule has 1 N–H and O–H groups in total. The fraction of sp³-hybridized carbons (Fsp3) is 0.429. The van der Waals surface area contributed by atoms with Gasteiger partial charge in [-0.15, -0.1) is 0 Å². The van der Waals surface area contributed by atoms with Gasteiger partial charge in [-0.25, -0.2) is 0 Å². The van der Waals surface area contributed by atoms with Crippen molar-refractivity contribution in [1.29, 1.82) is 0 Å². The topological polar surface area (TPSA) is 45.2 Å². The van der Waals surface area contributed by atoms with Crippen molar-refractivity contribution >= 4 is 11.6 Å². The number of rotatable bonds is 6. The maximum absolute atomic E-state index is 12.1. The van der Waals surface area contributed by atoms with Crippen molar-refractivity contribution in [1.82, 2.24) is 9.88 Å². The third kappa shape index (κ3) is 3.87. The van der Waals surface area contributed by atoms with Gasteiger partial charge in [0.2, 0.25) is 0 Å². The Morgan fingerprint density at radius 2 is 2.11 bits per heavy atom. The summed E-state index contributed by atoms with van der Waals surface area (Å²) < 4.78 is 0. The lowest BCUT2D eigenvalue weighted by atomic mass is 10.2. The first kappa shape index (κ1) is 14.2. The van der Waals surface area contributed by atoms with Crippen LogP contribution in [0.15, 0.2) is 30.5 Å². The molecule has 0 atom stereocenters. The number of carbonyl (C=O) groups is 1. The minimum atomic E-state index is -0.0287. The smallest absolute Gasteiger partial charge is 0.272 e. The molecule has 0 bridgehead atoms. The number of nitrogens with one attached hydrogen (secondary N) is 1. The van der Waals surface area contributed by atoms with Crippen LogP contribution in [-0.2, 0) is 0 Å². The van der Waals surface area contributed by atoms with Gasteiger partial charge in [-0.2, -0.15) is 0 Å². The summed E-state index contributed by atoms with van der Waals surface area (Å²) in [5, 5.41) is 3.20. The number of hydrogen-bond donors (Lipinski definition) is 1. The van der Waals surface area contributed by atoms with Gasteiger partial charge in [0.15, 0.2) is 0 Å². The molecule has 0 spiro atoms. The van der Waals surface area contributed by atoms with Crippen molar-refractivity contribution < 1.29 is 4.79 Å². The van der Waals surface area contributed by atoms with Gasteiger partial charge in [-0.3, -0.25) is 9.78 Å². The molecule has 1 rings (SSSR count). The maximum Gasteiger partial charge on any atom is 0.272 e. The van der Waals surface area contributed by atoms with Crippen molar-refractivity contribution in [3.05, 3.63) is 36.2 Å². The highest BCUT2D eigenvalue weighted by molar-refractivity contribution is 5.93. The summed E-state index contributed by atoms with van der Waals surface area (Å²) in [6.07, 6.45) is 1.65. The zero-order chi connectivity index (χ0) is 13.5. The van der Waals surface area contributed by atoms with E-state index in [-0.39, 0.29) is 5.91 Å². The summed E-state index contributed by atoms with van der Waals surface area (Å²) in [5.41, 5.74) is 2.41. The van der Waals surface area contributed by atoms with Gasteiger partial charge in [-0.1, -0.05) is 12.2 Å². The van der Waals surface area contributed by atoms with Gasteiger partial charge in [0, 0.05) is 31.5 Å². The van der Waals surface area contributed by atoms with Crippen molar-refractivity contribution in [2.45, 2.75) is 20.8 Å². The molecule has 0 aliphatic rings. The van der Waals surface area contributed by atoms with E-state index in [1.165, 1.54) is 0 Å². The minimum Gasteiger partial charge on any atom is -0.381 e. The quantitative estimate of drug-likeness (QED) is 0.786. The standard InChI is InChI=1S/C14H21N3O/c1-5-17(6-2)14(18)13-9-12(7-8-15-13)16-10-11(3)4/h7-9H,3,5-6,10H2,1-2,4H3,(H,15,16). The number of nitrogens with zero attached hydrogens (tertiary/aromatic N) is 2. The number of carbonyl (C=O) groups excluding carboxylic acids is 1. The highest BCUT2D eigenvalue weighted by atomic mass is 16.2. The lowest BCUT2D eigenvalue weighted by Gasteiger charge is -2.18. The molecule has 0 aliphatic heterocycles. The van der Waals surface area contributed by atoms with Crippen molar-refractivity contribution in [3.63, 3.8) is 0 Å². The molecule has 0 aliphatic carbocycles. The Morgan fingerprint density at radius 1 is 1.44 bits per heavy atom. The Morgan fingerprint density at radius 3 is 2.67 bits per heavy atom. The average Bonchev–Trinajstić information content (AvgIpc) is 2.38. The van der Waals surface area contributed by atoms with E-state index in [1.54, 1.807) is 17.2 Å². The predicted octanol–water partition coefficient (Wildman–Crippen LogP) is 2.55. The first-order valence-corrected chi connectivity index (χ1v) is 6.22.